The average molecular weight is 286 g/mol. The van der Waals surface area contributed by atoms with Gasteiger partial charge in [-0.25, -0.2) is 13.6 Å². The zero-order chi connectivity index (χ0) is 14.8. The number of benzene rings is 1. The van der Waals surface area contributed by atoms with E-state index >= 15 is 0 Å². The summed E-state index contributed by atoms with van der Waals surface area (Å²) in [5.41, 5.74) is 6.43. The van der Waals surface area contributed by atoms with Crippen molar-refractivity contribution in [3.63, 3.8) is 0 Å². The number of likely N-dealkylation sites (N-methyl/N-ethyl adjacent to an activating group) is 1. The zero-order valence-corrected chi connectivity index (χ0v) is 11.9. The van der Waals surface area contributed by atoms with Gasteiger partial charge in [-0.1, -0.05) is 0 Å². The number of hydrogen-bond donors (Lipinski definition) is 3. The first kappa shape index (κ1) is 15.3. The molecule has 106 valence electrons. The van der Waals surface area contributed by atoms with Gasteiger partial charge < -0.3 is 16.0 Å². The Kier molecular flexibility index (Phi) is 4.38. The van der Waals surface area contributed by atoms with Crippen molar-refractivity contribution in [1.29, 1.82) is 0 Å². The molecule has 1 aromatic carbocycles. The second-order valence-electron chi connectivity index (χ2n) is 4.39. The van der Waals surface area contributed by atoms with Gasteiger partial charge in [0.05, 0.1) is 16.3 Å². The summed E-state index contributed by atoms with van der Waals surface area (Å²) in [6.07, 6.45) is 0. The molecule has 7 nitrogen and oxygen atoms in total. The van der Waals surface area contributed by atoms with Gasteiger partial charge in [-0.3, -0.25) is 4.79 Å². The lowest BCUT2D eigenvalue weighted by molar-refractivity contribution is -0.129. The van der Waals surface area contributed by atoms with Crippen LogP contribution in [0.4, 0.5) is 11.4 Å². The monoisotopic (exact) mass is 286 g/mol. The molecule has 19 heavy (non-hydrogen) atoms. The van der Waals surface area contributed by atoms with Crippen molar-refractivity contribution in [1.82, 2.24) is 4.90 Å². The molecule has 0 aliphatic rings. The van der Waals surface area contributed by atoms with Crippen molar-refractivity contribution < 1.29 is 13.2 Å². The minimum absolute atomic E-state index is 0.0675. The molecule has 1 aromatic rings. The van der Waals surface area contributed by atoms with Crippen molar-refractivity contribution in [2.75, 3.05) is 25.1 Å². The first-order chi connectivity index (χ1) is 8.62. The maximum absolute atomic E-state index is 11.7. The molecule has 1 rings (SSSR count). The predicted molar refractivity (Wildman–Crippen MR) is 74.0 cm³/mol. The van der Waals surface area contributed by atoms with Gasteiger partial charge in [0.25, 0.3) is 0 Å². The maximum atomic E-state index is 11.7. The lowest BCUT2D eigenvalue weighted by atomic mass is 10.2. The number of rotatable bonds is 4. The van der Waals surface area contributed by atoms with Crippen LogP contribution >= 0.6 is 0 Å². The molecule has 0 heterocycles. The van der Waals surface area contributed by atoms with Crippen molar-refractivity contribution >= 4 is 27.3 Å². The van der Waals surface area contributed by atoms with E-state index in [1.165, 1.54) is 23.1 Å². The highest BCUT2D eigenvalue weighted by atomic mass is 32.2. The van der Waals surface area contributed by atoms with Crippen LogP contribution in [0.15, 0.2) is 23.1 Å². The minimum atomic E-state index is -3.78. The van der Waals surface area contributed by atoms with Gasteiger partial charge in [0.2, 0.25) is 15.9 Å². The van der Waals surface area contributed by atoms with E-state index < -0.39 is 16.1 Å². The lowest BCUT2D eigenvalue weighted by Crippen LogP contribution is -2.36. The molecule has 0 spiro atoms. The van der Waals surface area contributed by atoms with Gasteiger partial charge in [-0.15, -0.1) is 0 Å². The van der Waals surface area contributed by atoms with Gasteiger partial charge >= 0.3 is 0 Å². The lowest BCUT2D eigenvalue weighted by Gasteiger charge is -2.20. The summed E-state index contributed by atoms with van der Waals surface area (Å²) in [5.74, 6) is -0.116. The number of carbonyl (C=O) groups excluding carboxylic acids is 1. The normalized spacial score (nSPS) is 12.8. The summed E-state index contributed by atoms with van der Waals surface area (Å²) >= 11 is 0. The Morgan fingerprint density at radius 3 is 2.37 bits per heavy atom. The largest absolute Gasteiger partial charge is 0.397 e. The number of sulfonamides is 1. The number of nitrogens with two attached hydrogens (primary N) is 2. The standard InChI is InChI=1S/C11H18N4O3S/c1-7(11(16)15(2)3)14-10-5-4-8(6-9(10)12)19(13,17)18/h4-7,14H,12H2,1-3H3,(H2,13,17,18). The number of anilines is 2. The first-order valence-electron chi connectivity index (χ1n) is 5.53. The molecule has 0 fully saturated rings. The number of carbonyl (C=O) groups is 1. The minimum Gasteiger partial charge on any atom is -0.397 e. The number of nitrogens with zero attached hydrogens (tertiary/aromatic N) is 1. The van der Waals surface area contributed by atoms with Crippen LogP contribution in [-0.4, -0.2) is 39.4 Å². The highest BCUT2D eigenvalue weighted by Crippen LogP contribution is 2.22. The topological polar surface area (TPSA) is 119 Å². The van der Waals surface area contributed by atoms with E-state index in [-0.39, 0.29) is 16.5 Å². The summed E-state index contributed by atoms with van der Waals surface area (Å²) in [7, 11) is -0.490. The Hall–Kier alpha value is -1.80. The van der Waals surface area contributed by atoms with Crippen LogP contribution in [0.2, 0.25) is 0 Å². The average Bonchev–Trinajstić information content (AvgIpc) is 2.29. The highest BCUT2D eigenvalue weighted by Gasteiger charge is 2.16. The second-order valence-corrected chi connectivity index (χ2v) is 5.95. The molecular weight excluding hydrogens is 268 g/mol. The summed E-state index contributed by atoms with van der Waals surface area (Å²) < 4.78 is 22.3. The molecule has 0 saturated carbocycles. The molecule has 0 saturated heterocycles. The molecule has 1 amide bonds. The summed E-state index contributed by atoms with van der Waals surface area (Å²) in [5, 5.41) is 7.92. The van der Waals surface area contributed by atoms with E-state index in [2.05, 4.69) is 5.32 Å². The number of nitrogen functional groups attached to an aromatic ring is 1. The summed E-state index contributed by atoms with van der Waals surface area (Å²) in [6.45, 7) is 1.69. The fraction of sp³-hybridized carbons (Fsp3) is 0.364. The third-order valence-corrected chi connectivity index (χ3v) is 3.45. The Morgan fingerprint density at radius 2 is 1.95 bits per heavy atom. The van der Waals surface area contributed by atoms with Crippen LogP contribution < -0.4 is 16.2 Å². The molecule has 0 aromatic heterocycles. The van der Waals surface area contributed by atoms with Gasteiger partial charge in [0, 0.05) is 14.1 Å². The van der Waals surface area contributed by atoms with Crippen LogP contribution in [0.3, 0.4) is 0 Å². The molecule has 0 bridgehead atoms. The van der Waals surface area contributed by atoms with Gasteiger partial charge in [-0.05, 0) is 25.1 Å². The van der Waals surface area contributed by atoms with E-state index in [0.717, 1.165) is 0 Å². The van der Waals surface area contributed by atoms with E-state index in [1.807, 2.05) is 0 Å². The Morgan fingerprint density at radius 1 is 1.37 bits per heavy atom. The van der Waals surface area contributed by atoms with E-state index in [0.29, 0.717) is 5.69 Å². The van der Waals surface area contributed by atoms with Crippen LogP contribution in [0.1, 0.15) is 6.92 Å². The van der Waals surface area contributed by atoms with Crippen LogP contribution in [0.25, 0.3) is 0 Å². The number of hydrogen-bond acceptors (Lipinski definition) is 5. The number of nitrogens with one attached hydrogen (secondary N) is 1. The first-order valence-corrected chi connectivity index (χ1v) is 7.07. The molecule has 0 aliphatic heterocycles. The number of primary sulfonamides is 1. The van der Waals surface area contributed by atoms with Gasteiger partial charge in [0.15, 0.2) is 0 Å². The fourth-order valence-corrected chi connectivity index (χ4v) is 2.08. The molecule has 1 unspecified atom stereocenters. The molecule has 0 radical (unpaired) electrons. The smallest absolute Gasteiger partial charge is 0.244 e. The molecular formula is C11H18N4O3S. The quantitative estimate of drug-likeness (QED) is 0.663. The van der Waals surface area contributed by atoms with Crippen molar-refractivity contribution in [2.45, 2.75) is 17.9 Å². The van der Waals surface area contributed by atoms with Crippen LogP contribution in [0, 0.1) is 0 Å². The molecule has 8 heteroatoms. The van der Waals surface area contributed by atoms with E-state index in [4.69, 9.17) is 10.9 Å². The van der Waals surface area contributed by atoms with E-state index in [9.17, 15) is 13.2 Å². The van der Waals surface area contributed by atoms with Crippen molar-refractivity contribution in [3.8, 4) is 0 Å². The maximum Gasteiger partial charge on any atom is 0.244 e. The highest BCUT2D eigenvalue weighted by molar-refractivity contribution is 7.89. The second kappa shape index (κ2) is 5.45. The summed E-state index contributed by atoms with van der Waals surface area (Å²) in [6, 6.07) is 3.59. The van der Waals surface area contributed by atoms with Crippen molar-refractivity contribution in [3.05, 3.63) is 18.2 Å². The van der Waals surface area contributed by atoms with Gasteiger partial charge in [0.1, 0.15) is 6.04 Å². The van der Waals surface area contributed by atoms with Crippen LogP contribution in [0.5, 0.6) is 0 Å². The SMILES string of the molecule is CC(Nc1ccc(S(N)(=O)=O)cc1N)C(=O)N(C)C. The third-order valence-electron chi connectivity index (χ3n) is 2.53. The van der Waals surface area contributed by atoms with Crippen LogP contribution in [-0.2, 0) is 14.8 Å². The van der Waals surface area contributed by atoms with Crippen molar-refractivity contribution in [2.24, 2.45) is 5.14 Å². The molecule has 0 aliphatic carbocycles. The molecule has 1 atom stereocenters. The predicted octanol–water partition coefficient (Wildman–Crippen LogP) is -0.195. The van der Waals surface area contributed by atoms with Gasteiger partial charge in [-0.2, -0.15) is 0 Å². The Balaban J connectivity index is 2.96. The molecule has 5 N–H and O–H groups in total. The number of amides is 1. The Bertz CT molecular complexity index is 584. The third kappa shape index (κ3) is 3.83. The summed E-state index contributed by atoms with van der Waals surface area (Å²) in [4.78, 5) is 13.1. The zero-order valence-electron chi connectivity index (χ0n) is 11.0. The Labute approximate surface area is 112 Å². The fourth-order valence-electron chi connectivity index (χ4n) is 1.53. The van der Waals surface area contributed by atoms with E-state index in [1.54, 1.807) is 21.0 Å².